The Balaban J connectivity index is 1.29. The second kappa shape index (κ2) is 11.0. The maximum absolute atomic E-state index is 15.1. The number of benzene rings is 1. The summed E-state index contributed by atoms with van der Waals surface area (Å²) in [6.45, 7) is 12.1. The largest absolute Gasteiger partial charge is 0.469 e. The highest BCUT2D eigenvalue weighted by Crippen LogP contribution is 2.73. The molecular weight excluding hydrogens is 553 g/mol. The van der Waals surface area contributed by atoms with Crippen LogP contribution in [0.3, 0.4) is 0 Å². The monoisotopic (exact) mass is 607 g/mol. The van der Waals surface area contributed by atoms with Crippen LogP contribution in [0.25, 0.3) is 5.57 Å². The topological polar surface area (TPSA) is 78.6 Å². The SMILES string of the molecule is COC(=O)CC(C)C1CC[C@]2(N)CCC3[C@H](CCC4[C@@]3(C)CCC3C(C)(C)C(c5ccc(C(=O)OC)c(F)c5)=CC[C@@]34C)C12. The van der Waals surface area contributed by atoms with Crippen molar-refractivity contribution in [3.05, 3.63) is 41.2 Å². The first kappa shape index (κ1) is 31.8. The lowest BCUT2D eigenvalue weighted by Crippen LogP contribution is -2.63. The summed E-state index contributed by atoms with van der Waals surface area (Å²) in [7, 11) is 2.78. The molecule has 6 unspecified atom stereocenters. The zero-order chi connectivity index (χ0) is 31.8. The molecule has 0 radical (unpaired) electrons. The fraction of sp³-hybridized carbons (Fsp3) is 0.737. The summed E-state index contributed by atoms with van der Waals surface area (Å²) in [4.78, 5) is 24.3. The van der Waals surface area contributed by atoms with Crippen molar-refractivity contribution >= 4 is 17.5 Å². The summed E-state index contributed by atoms with van der Waals surface area (Å²) in [6, 6.07) is 4.99. The molecule has 0 amide bonds. The molecule has 0 saturated heterocycles. The molecule has 1 aromatic carbocycles. The van der Waals surface area contributed by atoms with Gasteiger partial charge in [-0.2, -0.15) is 0 Å². The second-order valence-electron chi connectivity index (χ2n) is 16.5. The number of carbonyl (C=O) groups is 2. The minimum absolute atomic E-state index is 0.0151. The number of fused-ring (bicyclic) bond motifs is 7. The van der Waals surface area contributed by atoms with E-state index < -0.39 is 11.8 Å². The molecule has 6 rings (SSSR count). The van der Waals surface area contributed by atoms with E-state index in [1.165, 1.54) is 58.0 Å². The lowest BCUT2D eigenvalue weighted by molar-refractivity contribution is -0.175. The molecule has 4 saturated carbocycles. The summed E-state index contributed by atoms with van der Waals surface area (Å²) in [5.41, 5.74) is 9.56. The summed E-state index contributed by atoms with van der Waals surface area (Å²) >= 11 is 0. The van der Waals surface area contributed by atoms with E-state index >= 15 is 4.39 Å². The van der Waals surface area contributed by atoms with E-state index in [0.29, 0.717) is 47.8 Å². The number of esters is 2. The molecular formula is C38H54FNO4. The first-order chi connectivity index (χ1) is 20.7. The Hall–Kier alpha value is -2.21. The third kappa shape index (κ3) is 4.62. The third-order valence-corrected chi connectivity index (χ3v) is 14.4. The Morgan fingerprint density at radius 2 is 1.68 bits per heavy atom. The summed E-state index contributed by atoms with van der Waals surface area (Å²) in [5, 5.41) is 0. The number of hydrogen-bond donors (Lipinski definition) is 1. The van der Waals surface area contributed by atoms with Crippen LogP contribution in [-0.2, 0) is 14.3 Å². The van der Waals surface area contributed by atoms with Crippen LogP contribution in [-0.4, -0.2) is 31.7 Å². The van der Waals surface area contributed by atoms with E-state index in [-0.39, 0.29) is 33.3 Å². The summed E-state index contributed by atoms with van der Waals surface area (Å²) < 4.78 is 24.9. The van der Waals surface area contributed by atoms with Crippen LogP contribution in [0.5, 0.6) is 0 Å². The highest BCUT2D eigenvalue weighted by Gasteiger charge is 2.66. The van der Waals surface area contributed by atoms with Crippen LogP contribution < -0.4 is 5.73 Å². The molecule has 242 valence electrons. The van der Waals surface area contributed by atoms with Crippen molar-refractivity contribution in [1.29, 1.82) is 0 Å². The molecule has 0 aliphatic heterocycles. The van der Waals surface area contributed by atoms with Gasteiger partial charge in [0.1, 0.15) is 5.82 Å². The summed E-state index contributed by atoms with van der Waals surface area (Å²) in [6.07, 6.45) is 13.3. The number of nitrogens with two attached hydrogens (primary N) is 1. The van der Waals surface area contributed by atoms with Crippen LogP contribution >= 0.6 is 0 Å². The van der Waals surface area contributed by atoms with Crippen molar-refractivity contribution in [2.24, 2.45) is 63.4 Å². The Labute approximate surface area is 263 Å². The quantitative estimate of drug-likeness (QED) is 0.341. The van der Waals surface area contributed by atoms with Crippen molar-refractivity contribution in [2.45, 2.75) is 104 Å². The predicted molar refractivity (Wildman–Crippen MR) is 171 cm³/mol. The van der Waals surface area contributed by atoms with Crippen LogP contribution in [0, 0.1) is 63.5 Å². The van der Waals surface area contributed by atoms with Gasteiger partial charge in [-0.25, -0.2) is 9.18 Å². The van der Waals surface area contributed by atoms with E-state index in [2.05, 4.69) is 40.7 Å². The predicted octanol–water partition coefficient (Wildman–Crippen LogP) is 8.21. The third-order valence-electron chi connectivity index (χ3n) is 14.4. The molecule has 6 heteroatoms. The van der Waals surface area contributed by atoms with E-state index in [1.54, 1.807) is 6.07 Å². The van der Waals surface area contributed by atoms with Gasteiger partial charge >= 0.3 is 11.9 Å². The molecule has 5 aliphatic rings. The zero-order valence-electron chi connectivity index (χ0n) is 28.0. The van der Waals surface area contributed by atoms with Crippen LogP contribution in [0.15, 0.2) is 24.3 Å². The Bertz CT molecular complexity index is 1350. The van der Waals surface area contributed by atoms with Crippen molar-refractivity contribution < 1.29 is 23.5 Å². The highest BCUT2D eigenvalue weighted by molar-refractivity contribution is 5.90. The highest BCUT2D eigenvalue weighted by atomic mass is 19.1. The fourth-order valence-corrected chi connectivity index (χ4v) is 12.6. The molecule has 10 atom stereocenters. The first-order valence-corrected chi connectivity index (χ1v) is 17.2. The Morgan fingerprint density at radius 3 is 2.36 bits per heavy atom. The van der Waals surface area contributed by atoms with Crippen molar-refractivity contribution in [3.63, 3.8) is 0 Å². The second-order valence-corrected chi connectivity index (χ2v) is 16.5. The van der Waals surface area contributed by atoms with Gasteiger partial charge in [-0.05, 0) is 139 Å². The lowest BCUT2D eigenvalue weighted by atomic mass is 9.36. The van der Waals surface area contributed by atoms with Gasteiger partial charge in [-0.15, -0.1) is 0 Å². The van der Waals surface area contributed by atoms with Crippen LogP contribution in [0.2, 0.25) is 0 Å². The van der Waals surface area contributed by atoms with Crippen LogP contribution in [0.4, 0.5) is 4.39 Å². The van der Waals surface area contributed by atoms with Gasteiger partial charge in [-0.1, -0.05) is 46.8 Å². The van der Waals surface area contributed by atoms with Gasteiger partial charge in [0.25, 0.3) is 0 Å². The van der Waals surface area contributed by atoms with Gasteiger partial charge in [0, 0.05) is 12.0 Å². The molecule has 5 aliphatic carbocycles. The minimum atomic E-state index is -0.642. The number of rotatable bonds is 5. The molecule has 0 bridgehead atoms. The lowest BCUT2D eigenvalue weighted by Gasteiger charge is -2.68. The average Bonchev–Trinajstić information content (AvgIpc) is 3.34. The van der Waals surface area contributed by atoms with Crippen LogP contribution in [0.1, 0.15) is 115 Å². The number of allylic oxidation sites excluding steroid dienone is 2. The molecule has 0 aromatic heterocycles. The van der Waals surface area contributed by atoms with Gasteiger partial charge in [0.05, 0.1) is 19.8 Å². The molecule has 44 heavy (non-hydrogen) atoms. The average molecular weight is 608 g/mol. The zero-order valence-corrected chi connectivity index (χ0v) is 28.0. The van der Waals surface area contributed by atoms with E-state index in [4.69, 9.17) is 15.2 Å². The van der Waals surface area contributed by atoms with Gasteiger partial charge in [0.15, 0.2) is 0 Å². The number of carbonyl (C=O) groups excluding carboxylic acids is 2. The maximum atomic E-state index is 15.1. The van der Waals surface area contributed by atoms with E-state index in [1.807, 2.05) is 6.07 Å². The normalized spacial score (nSPS) is 41.2. The van der Waals surface area contributed by atoms with Gasteiger partial charge in [0.2, 0.25) is 0 Å². The smallest absolute Gasteiger partial charge is 0.340 e. The van der Waals surface area contributed by atoms with E-state index in [9.17, 15) is 9.59 Å². The molecule has 5 nitrogen and oxygen atoms in total. The van der Waals surface area contributed by atoms with E-state index in [0.717, 1.165) is 31.2 Å². The number of halogens is 1. The Morgan fingerprint density at radius 1 is 0.955 bits per heavy atom. The number of hydrogen-bond acceptors (Lipinski definition) is 5. The van der Waals surface area contributed by atoms with Crippen molar-refractivity contribution in [3.8, 4) is 0 Å². The minimum Gasteiger partial charge on any atom is -0.469 e. The van der Waals surface area contributed by atoms with Crippen molar-refractivity contribution in [1.82, 2.24) is 0 Å². The molecule has 0 spiro atoms. The molecule has 1 aromatic rings. The number of methoxy groups -OCH3 is 2. The molecule has 2 N–H and O–H groups in total. The molecule has 0 heterocycles. The first-order valence-electron chi connectivity index (χ1n) is 17.2. The maximum Gasteiger partial charge on any atom is 0.340 e. The standard InChI is InChI=1S/C38H54FNO4/c1-22(20-32(41)43-6)24-12-18-38(40)19-14-28-25(33(24)38)10-11-31-36(28,4)17-15-30-35(2,3)27(13-16-37(30,31)5)23-8-9-26(29(39)21-23)34(42)44-7/h8-9,13,21-22,24-25,28,30-31,33H,10-12,14-20,40H2,1-7H3/t22?,24?,25-,28?,30?,31?,33?,36-,37-,38-/m0/s1. The molecule has 4 fully saturated rings. The van der Waals surface area contributed by atoms with Crippen molar-refractivity contribution in [2.75, 3.05) is 14.2 Å². The number of ether oxygens (including phenoxy) is 2. The Kier molecular flexibility index (Phi) is 7.91. The van der Waals surface area contributed by atoms with Gasteiger partial charge in [-0.3, -0.25) is 4.79 Å². The van der Waals surface area contributed by atoms with Gasteiger partial charge < -0.3 is 15.2 Å². The fourth-order valence-electron chi connectivity index (χ4n) is 12.6. The summed E-state index contributed by atoms with van der Waals surface area (Å²) in [5.74, 6) is 2.42.